The zero-order valence-corrected chi connectivity index (χ0v) is 24.5. The van der Waals surface area contributed by atoms with E-state index in [9.17, 15) is 0 Å². The molecule has 0 fully saturated rings. The van der Waals surface area contributed by atoms with Crippen LogP contribution in [0.4, 0.5) is 0 Å². The number of fused-ring (bicyclic) bond motifs is 6. The first-order valence-electron chi connectivity index (χ1n) is 10.8. The molecule has 2 aliphatic rings. The monoisotopic (exact) mass is 538 g/mol. The van der Waals surface area contributed by atoms with Crippen LogP contribution in [0.5, 0.6) is 0 Å². The zero-order valence-electron chi connectivity index (χ0n) is 19.9. The van der Waals surface area contributed by atoms with E-state index in [-0.39, 0.29) is 24.8 Å². The van der Waals surface area contributed by atoms with Gasteiger partial charge in [0.15, 0.2) is 0 Å². The topological polar surface area (TPSA) is 0 Å². The molecule has 0 unspecified atom stereocenters. The molecular formula is C30H32Cl2SiTi-4. The van der Waals surface area contributed by atoms with Gasteiger partial charge in [0.25, 0.3) is 0 Å². The van der Waals surface area contributed by atoms with Crippen molar-refractivity contribution < 1.29 is 19.2 Å². The van der Waals surface area contributed by atoms with Gasteiger partial charge in [-0.25, -0.2) is 0 Å². The molecule has 0 radical (unpaired) electrons. The Morgan fingerprint density at radius 3 is 1.26 bits per heavy atom. The van der Waals surface area contributed by atoms with E-state index in [1.165, 1.54) is 44.5 Å². The van der Waals surface area contributed by atoms with Gasteiger partial charge in [0.1, 0.15) is 0 Å². The van der Waals surface area contributed by atoms with E-state index in [4.69, 9.17) is 0 Å². The molecule has 0 saturated heterocycles. The quantitative estimate of drug-likeness (QED) is 0.137. The number of hydrogen-bond donors (Lipinski definition) is 0. The van der Waals surface area contributed by atoms with E-state index in [2.05, 4.69) is 98.8 Å². The zero-order chi connectivity index (χ0) is 23.3. The van der Waals surface area contributed by atoms with E-state index >= 15 is 0 Å². The molecule has 0 aliphatic heterocycles. The number of rotatable bonds is 0. The van der Waals surface area contributed by atoms with Gasteiger partial charge in [0, 0.05) is 0 Å². The number of hydrogen-bond acceptors (Lipinski definition) is 0. The van der Waals surface area contributed by atoms with E-state index < -0.39 is 0 Å². The Morgan fingerprint density at radius 1 is 0.559 bits per heavy atom. The van der Waals surface area contributed by atoms with Crippen LogP contribution in [0.3, 0.4) is 0 Å². The molecule has 6 rings (SSSR count). The first-order chi connectivity index (χ1) is 15.9. The molecular weight excluding hydrogens is 507 g/mol. The minimum Gasteiger partial charge on any atom is -0.179 e. The smallest absolute Gasteiger partial charge is 0.0253 e. The Balaban J connectivity index is 0.000000502. The summed E-state index contributed by atoms with van der Waals surface area (Å²) < 4.78 is 0. The number of halogens is 2. The average molecular weight is 539 g/mol. The molecule has 0 bridgehead atoms. The predicted octanol–water partition coefficient (Wildman–Crippen LogP) is 7.72. The third-order valence-electron chi connectivity index (χ3n) is 5.23. The van der Waals surface area contributed by atoms with Gasteiger partial charge in [-0.15, -0.1) is 35.9 Å². The normalized spacial score (nSPS) is 9.85. The van der Waals surface area contributed by atoms with E-state index in [1.807, 2.05) is 38.9 Å². The fourth-order valence-electron chi connectivity index (χ4n) is 4.00. The van der Waals surface area contributed by atoms with Crippen molar-refractivity contribution in [1.29, 1.82) is 0 Å². The van der Waals surface area contributed by atoms with Crippen molar-refractivity contribution in [3.8, 4) is 22.3 Å². The van der Waals surface area contributed by atoms with Gasteiger partial charge in [0.2, 0.25) is 0 Å². The molecule has 0 N–H and O–H groups in total. The summed E-state index contributed by atoms with van der Waals surface area (Å²) in [6.45, 7) is 10.0. The summed E-state index contributed by atoms with van der Waals surface area (Å²) in [5.41, 5.74) is 11.0. The second kappa shape index (κ2) is 17.8. The van der Waals surface area contributed by atoms with Gasteiger partial charge in [-0.2, -0.15) is 73.5 Å². The largest absolute Gasteiger partial charge is 0.179 e. The van der Waals surface area contributed by atoms with Gasteiger partial charge in [-0.1, -0.05) is 70.8 Å². The van der Waals surface area contributed by atoms with Crippen molar-refractivity contribution in [2.75, 3.05) is 0 Å². The fraction of sp³-hybridized carbons (Fsp3) is 0.133. The van der Waals surface area contributed by atoms with Crippen LogP contribution in [0.25, 0.3) is 22.3 Å². The molecule has 0 atom stereocenters. The molecule has 178 valence electrons. The predicted molar refractivity (Wildman–Crippen MR) is 152 cm³/mol. The minimum absolute atomic E-state index is 0. The first kappa shape index (κ1) is 32.4. The minimum atomic E-state index is 0. The molecule has 0 aromatic heterocycles. The maximum Gasteiger partial charge on any atom is -0.0253 e. The first-order valence-corrected chi connectivity index (χ1v) is 14.8. The van der Waals surface area contributed by atoms with Gasteiger partial charge in [-0.05, 0) is 12.8 Å². The van der Waals surface area contributed by atoms with Crippen LogP contribution >= 0.6 is 24.8 Å². The molecule has 0 heterocycles. The maximum absolute atomic E-state index is 3.30. The molecule has 2 aliphatic carbocycles. The summed E-state index contributed by atoms with van der Waals surface area (Å²) in [6.07, 6.45) is 2.10. The third-order valence-corrected chi connectivity index (χ3v) is 5.23. The van der Waals surface area contributed by atoms with Gasteiger partial charge in [0.05, 0.1) is 0 Å². The fourth-order valence-corrected chi connectivity index (χ4v) is 4.00. The Morgan fingerprint density at radius 2 is 0.882 bits per heavy atom. The van der Waals surface area contributed by atoms with Crippen LogP contribution in [0.1, 0.15) is 36.1 Å². The molecule has 34 heavy (non-hydrogen) atoms. The van der Waals surface area contributed by atoms with Crippen LogP contribution in [-0.4, -0.2) is 7.63 Å². The Labute approximate surface area is 232 Å². The molecule has 0 saturated carbocycles. The van der Waals surface area contributed by atoms with E-state index in [0.717, 1.165) is 12.8 Å². The summed E-state index contributed by atoms with van der Waals surface area (Å²) in [5.74, 6) is 0. The molecule has 4 aromatic rings. The Bertz CT molecular complexity index is 952. The molecule has 4 aromatic carbocycles. The van der Waals surface area contributed by atoms with Crippen LogP contribution in [0.2, 0.25) is 0 Å². The second-order valence-corrected chi connectivity index (χ2v) is 6.79. The van der Waals surface area contributed by atoms with Crippen LogP contribution < -0.4 is 0 Å². The number of benzene rings is 4. The van der Waals surface area contributed by atoms with Crippen LogP contribution in [0.15, 0.2) is 84.9 Å². The summed E-state index contributed by atoms with van der Waals surface area (Å²) in [4.78, 5) is 0. The second-order valence-electron chi connectivity index (χ2n) is 6.79. The average Bonchev–Trinajstić information content (AvgIpc) is 3.46. The van der Waals surface area contributed by atoms with Crippen LogP contribution in [0, 0.1) is 26.0 Å². The van der Waals surface area contributed by atoms with Crippen molar-refractivity contribution in [2.45, 2.75) is 26.7 Å². The summed E-state index contributed by atoms with van der Waals surface area (Å²) >= 11 is 2.03. The Hall–Kier alpha value is -1.61. The standard InChI is InChI=1S/2C13H9.2C2H5.2ClH.H2Si.Ti/c2*1-3-7-12-10(5-1)9-11-6-2-4-8-13(11)12;2*1-2;;;;/h2*1-5,7-8H,9H2;2*1H2,2H3;2*1H;1H2;/q4*-1;;;;. The van der Waals surface area contributed by atoms with Crippen LogP contribution in [-0.2, 0) is 32.0 Å². The van der Waals surface area contributed by atoms with Crippen molar-refractivity contribution in [3.63, 3.8) is 0 Å². The van der Waals surface area contributed by atoms with Crippen molar-refractivity contribution >= 4 is 32.4 Å². The van der Waals surface area contributed by atoms with Gasteiger partial charge in [-0.3, -0.25) is 0 Å². The summed E-state index contributed by atoms with van der Waals surface area (Å²) in [7, 11) is 1.86. The van der Waals surface area contributed by atoms with Gasteiger partial charge >= 0.3 is 26.8 Å². The summed E-state index contributed by atoms with van der Waals surface area (Å²) in [6, 6.07) is 36.2. The van der Waals surface area contributed by atoms with Crippen molar-refractivity contribution in [2.24, 2.45) is 0 Å². The third kappa shape index (κ3) is 7.70. The molecule has 0 nitrogen and oxygen atoms in total. The SMILES string of the molecule is Cl.Cl.[CH2-]C.[CH2-]C.[SiH2]=[Ti].[c-]1cccc2c1Cc1ccccc1-2.[c-]1cccc2c1Cc1ccccc1-2. The van der Waals surface area contributed by atoms with Gasteiger partial charge < -0.3 is 13.8 Å². The summed E-state index contributed by atoms with van der Waals surface area (Å²) in [5, 5.41) is 0. The molecule has 0 amide bonds. The Kier molecular flexibility index (Phi) is 16.9. The van der Waals surface area contributed by atoms with Crippen molar-refractivity contribution in [3.05, 3.63) is 133 Å². The van der Waals surface area contributed by atoms with Crippen molar-refractivity contribution in [1.82, 2.24) is 0 Å². The maximum atomic E-state index is 3.30. The molecule has 0 spiro atoms. The van der Waals surface area contributed by atoms with E-state index in [0.29, 0.717) is 0 Å². The molecule has 4 heteroatoms. The van der Waals surface area contributed by atoms with E-state index in [1.54, 1.807) is 13.8 Å².